The fourth-order valence-corrected chi connectivity index (χ4v) is 4.39. The molecule has 0 bridgehead atoms. The number of pyridine rings is 1. The quantitative estimate of drug-likeness (QED) is 0.521. The second kappa shape index (κ2) is 9.53. The lowest BCUT2D eigenvalue weighted by molar-refractivity contribution is -0.161. The van der Waals surface area contributed by atoms with Gasteiger partial charge < -0.3 is 25.2 Å². The van der Waals surface area contributed by atoms with Gasteiger partial charge in [0.2, 0.25) is 5.91 Å². The van der Waals surface area contributed by atoms with E-state index in [4.69, 9.17) is 14.5 Å². The number of aliphatic carboxylic acids is 1. The molecule has 3 heterocycles. The highest BCUT2D eigenvalue weighted by Crippen LogP contribution is 2.34. The van der Waals surface area contributed by atoms with Crippen LogP contribution in [0.5, 0.6) is 0 Å². The van der Waals surface area contributed by atoms with Crippen molar-refractivity contribution >= 4 is 17.7 Å². The number of carbonyl (C=O) groups excluding carboxylic acids is 1. The molecule has 1 aromatic heterocycles. The van der Waals surface area contributed by atoms with E-state index in [2.05, 4.69) is 22.8 Å². The zero-order chi connectivity index (χ0) is 21.8. The number of ether oxygens (including phenoxy) is 2. The summed E-state index contributed by atoms with van der Waals surface area (Å²) in [7, 11) is 0. The van der Waals surface area contributed by atoms with Crippen LogP contribution >= 0.6 is 0 Å². The number of amides is 1. The summed E-state index contributed by atoms with van der Waals surface area (Å²) in [6.07, 6.45) is 6.81. The smallest absolute Gasteiger partial charge is 0.326 e. The SMILES string of the molecule is CC1(C(=O)N[C@@H](CCOC2CC(CCc3ccc4c(n3)NCCC4)C2)C(=O)O)COC1. The summed E-state index contributed by atoms with van der Waals surface area (Å²) in [5.41, 5.74) is 1.85. The van der Waals surface area contributed by atoms with Gasteiger partial charge in [-0.1, -0.05) is 6.07 Å². The van der Waals surface area contributed by atoms with Gasteiger partial charge in [-0.2, -0.15) is 0 Å². The second-order valence-electron chi connectivity index (χ2n) is 9.42. The van der Waals surface area contributed by atoms with Crippen LogP contribution < -0.4 is 10.6 Å². The van der Waals surface area contributed by atoms with Crippen molar-refractivity contribution in [1.82, 2.24) is 10.3 Å². The van der Waals surface area contributed by atoms with Crippen molar-refractivity contribution in [1.29, 1.82) is 0 Å². The van der Waals surface area contributed by atoms with Gasteiger partial charge >= 0.3 is 5.97 Å². The van der Waals surface area contributed by atoms with Crippen LogP contribution in [0.15, 0.2) is 12.1 Å². The van der Waals surface area contributed by atoms with Crippen molar-refractivity contribution in [3.05, 3.63) is 23.4 Å². The van der Waals surface area contributed by atoms with Crippen molar-refractivity contribution in [2.45, 2.75) is 64.0 Å². The van der Waals surface area contributed by atoms with Gasteiger partial charge in [0.05, 0.1) is 24.7 Å². The molecule has 2 aliphatic heterocycles. The maximum atomic E-state index is 12.2. The van der Waals surface area contributed by atoms with E-state index in [1.807, 2.05) is 0 Å². The molecule has 8 heteroatoms. The minimum Gasteiger partial charge on any atom is -0.480 e. The molecule has 0 aromatic carbocycles. The number of anilines is 1. The largest absolute Gasteiger partial charge is 0.480 e. The van der Waals surface area contributed by atoms with E-state index in [0.29, 0.717) is 25.7 Å². The molecule has 0 spiro atoms. The number of fused-ring (bicyclic) bond motifs is 1. The molecule has 8 nitrogen and oxygen atoms in total. The topological polar surface area (TPSA) is 110 Å². The maximum Gasteiger partial charge on any atom is 0.326 e. The Morgan fingerprint density at radius 1 is 1.39 bits per heavy atom. The number of carboxylic acid groups (broad SMARTS) is 1. The third-order valence-electron chi connectivity index (χ3n) is 6.71. The van der Waals surface area contributed by atoms with Crippen LogP contribution in [0, 0.1) is 11.3 Å². The lowest BCUT2D eigenvalue weighted by atomic mass is 9.79. The molecule has 3 aliphatic rings. The highest BCUT2D eigenvalue weighted by atomic mass is 16.5. The van der Waals surface area contributed by atoms with E-state index < -0.39 is 17.4 Å². The van der Waals surface area contributed by atoms with Gasteiger partial charge in [0.1, 0.15) is 11.9 Å². The number of hydrogen-bond acceptors (Lipinski definition) is 6. The van der Waals surface area contributed by atoms with Gasteiger partial charge in [-0.15, -0.1) is 0 Å². The molecule has 1 saturated carbocycles. The van der Waals surface area contributed by atoms with Gasteiger partial charge in [0, 0.05) is 25.3 Å². The summed E-state index contributed by atoms with van der Waals surface area (Å²) in [5.74, 6) is 0.391. The Kier molecular flexibility index (Phi) is 6.77. The van der Waals surface area contributed by atoms with Crippen LogP contribution in [0.1, 0.15) is 50.3 Å². The lowest BCUT2D eigenvalue weighted by Gasteiger charge is -2.37. The Morgan fingerprint density at radius 2 is 2.19 bits per heavy atom. The van der Waals surface area contributed by atoms with Crippen LogP contribution in [0.3, 0.4) is 0 Å². The first-order valence-corrected chi connectivity index (χ1v) is 11.4. The molecular weight excluding hydrogens is 398 g/mol. The van der Waals surface area contributed by atoms with Gasteiger partial charge in [-0.3, -0.25) is 4.79 Å². The van der Waals surface area contributed by atoms with Crippen LogP contribution in [-0.4, -0.2) is 60.5 Å². The third kappa shape index (κ3) is 5.36. The van der Waals surface area contributed by atoms with Crippen molar-refractivity contribution in [3.8, 4) is 0 Å². The zero-order valence-corrected chi connectivity index (χ0v) is 18.2. The van der Waals surface area contributed by atoms with Gasteiger partial charge in [0.25, 0.3) is 0 Å². The van der Waals surface area contributed by atoms with Gasteiger partial charge in [0.15, 0.2) is 0 Å². The molecule has 1 aromatic rings. The number of nitrogens with zero attached hydrogens (tertiary/aromatic N) is 1. The van der Waals surface area contributed by atoms with Crippen molar-refractivity contribution in [3.63, 3.8) is 0 Å². The highest BCUT2D eigenvalue weighted by molar-refractivity contribution is 5.87. The number of aryl methyl sites for hydroxylation is 2. The Hall–Kier alpha value is -2.19. The summed E-state index contributed by atoms with van der Waals surface area (Å²) in [6, 6.07) is 3.42. The second-order valence-corrected chi connectivity index (χ2v) is 9.42. The van der Waals surface area contributed by atoms with Crippen molar-refractivity contribution < 1.29 is 24.2 Å². The molecule has 4 rings (SSSR count). The molecule has 2 fully saturated rings. The number of rotatable bonds is 10. The van der Waals surface area contributed by atoms with E-state index >= 15 is 0 Å². The van der Waals surface area contributed by atoms with Crippen LogP contribution in [0.2, 0.25) is 0 Å². The first-order chi connectivity index (χ1) is 14.9. The summed E-state index contributed by atoms with van der Waals surface area (Å²) in [5, 5.41) is 15.4. The van der Waals surface area contributed by atoms with E-state index in [-0.39, 0.29) is 18.4 Å². The summed E-state index contributed by atoms with van der Waals surface area (Å²) in [6.45, 7) is 3.79. The number of aromatic nitrogens is 1. The average molecular weight is 432 g/mol. The minimum absolute atomic E-state index is 0.186. The lowest BCUT2D eigenvalue weighted by Crippen LogP contribution is -2.55. The van der Waals surface area contributed by atoms with Crippen LogP contribution in [0.4, 0.5) is 5.82 Å². The Morgan fingerprint density at radius 3 is 2.90 bits per heavy atom. The molecular formula is C23H33N3O5. The molecule has 3 N–H and O–H groups in total. The first kappa shape index (κ1) is 22.0. The fourth-order valence-electron chi connectivity index (χ4n) is 4.39. The summed E-state index contributed by atoms with van der Waals surface area (Å²) in [4.78, 5) is 28.5. The van der Waals surface area contributed by atoms with E-state index in [1.54, 1.807) is 6.92 Å². The molecule has 31 heavy (non-hydrogen) atoms. The Bertz CT molecular complexity index is 804. The molecule has 1 saturated heterocycles. The van der Waals surface area contributed by atoms with E-state index in [1.165, 1.54) is 12.0 Å². The minimum atomic E-state index is -1.03. The molecule has 1 amide bonds. The first-order valence-electron chi connectivity index (χ1n) is 11.4. The highest BCUT2D eigenvalue weighted by Gasteiger charge is 2.42. The van der Waals surface area contributed by atoms with Gasteiger partial charge in [-0.05, 0) is 63.0 Å². The zero-order valence-electron chi connectivity index (χ0n) is 18.2. The molecule has 1 aliphatic carbocycles. The van der Waals surface area contributed by atoms with E-state index in [9.17, 15) is 14.7 Å². The van der Waals surface area contributed by atoms with Crippen molar-refractivity contribution in [2.75, 3.05) is 31.7 Å². The average Bonchev–Trinajstić information content (AvgIpc) is 2.71. The standard InChI is InChI=1S/C23H33N3O5/c1-23(13-30-14-23)22(29)26-19(21(27)28)8-10-31-18-11-15(12-18)4-6-17-7-5-16-3-2-9-24-20(16)25-17/h5,7,15,18-19H,2-4,6,8-14H2,1H3,(H,24,25)(H,26,29)(H,27,28)/t15?,18?,19-/m0/s1. The normalized spacial score (nSPS) is 24.7. The van der Waals surface area contributed by atoms with Crippen molar-refractivity contribution in [2.24, 2.45) is 11.3 Å². The van der Waals surface area contributed by atoms with Gasteiger partial charge in [-0.25, -0.2) is 9.78 Å². The van der Waals surface area contributed by atoms with Crippen LogP contribution in [-0.2, 0) is 31.9 Å². The number of hydrogen-bond donors (Lipinski definition) is 3. The number of carbonyl (C=O) groups is 2. The number of carboxylic acids is 1. The Labute approximate surface area is 183 Å². The monoisotopic (exact) mass is 431 g/mol. The molecule has 1 atom stereocenters. The predicted octanol–water partition coefficient (Wildman–Crippen LogP) is 2.16. The molecule has 170 valence electrons. The maximum absolute atomic E-state index is 12.2. The molecule has 0 unspecified atom stereocenters. The summed E-state index contributed by atoms with van der Waals surface area (Å²) >= 11 is 0. The summed E-state index contributed by atoms with van der Waals surface area (Å²) < 4.78 is 10.9. The molecule has 0 radical (unpaired) electrons. The number of nitrogens with one attached hydrogen (secondary N) is 2. The third-order valence-corrected chi connectivity index (χ3v) is 6.71. The predicted molar refractivity (Wildman–Crippen MR) is 115 cm³/mol. The van der Waals surface area contributed by atoms with Crippen LogP contribution in [0.25, 0.3) is 0 Å². The van der Waals surface area contributed by atoms with E-state index in [0.717, 1.165) is 50.2 Å². The Balaban J connectivity index is 1.12. The fraction of sp³-hybridized carbons (Fsp3) is 0.696.